The molecule has 0 heterocycles. The minimum Gasteiger partial charge on any atom is -0.494 e. The van der Waals surface area contributed by atoms with Crippen LogP contribution < -0.4 is 15.8 Å². The zero-order valence-corrected chi connectivity index (χ0v) is 11.0. The van der Waals surface area contributed by atoms with Crippen molar-refractivity contribution in [3.8, 4) is 5.75 Å². The van der Waals surface area contributed by atoms with Gasteiger partial charge in [-0.25, -0.2) is 0 Å². The van der Waals surface area contributed by atoms with E-state index in [9.17, 15) is 0 Å². The number of ether oxygens (including phenoxy) is 2. The van der Waals surface area contributed by atoms with Crippen LogP contribution in [0.3, 0.4) is 0 Å². The van der Waals surface area contributed by atoms with Crippen LogP contribution in [0.4, 0.5) is 11.4 Å². The van der Waals surface area contributed by atoms with Gasteiger partial charge in [-0.15, -0.1) is 0 Å². The predicted molar refractivity (Wildman–Crippen MR) is 71.6 cm³/mol. The molecule has 0 radical (unpaired) electrons. The molecule has 1 aromatic carbocycles. The summed E-state index contributed by atoms with van der Waals surface area (Å²) >= 11 is 0. The molecule has 1 aromatic rings. The standard InChI is InChI=1S/C13H22N2O2/c1-5-17-12-7-10(14)6-11(8-12)15-13(2,3)9-16-4/h6-8,15H,5,9,14H2,1-4H3. The van der Waals surface area contributed by atoms with Crippen LogP contribution in [0.25, 0.3) is 0 Å². The van der Waals surface area contributed by atoms with E-state index in [0.29, 0.717) is 18.9 Å². The van der Waals surface area contributed by atoms with Crippen LogP contribution in [0.5, 0.6) is 5.75 Å². The zero-order valence-electron chi connectivity index (χ0n) is 11.0. The molecule has 4 nitrogen and oxygen atoms in total. The molecule has 0 aromatic heterocycles. The molecule has 0 bridgehead atoms. The third-order valence-electron chi connectivity index (χ3n) is 2.23. The molecule has 0 amide bonds. The highest BCUT2D eigenvalue weighted by Crippen LogP contribution is 2.25. The second-order valence-corrected chi connectivity index (χ2v) is 4.67. The predicted octanol–water partition coefficient (Wildman–Crippen LogP) is 2.50. The van der Waals surface area contributed by atoms with E-state index in [1.54, 1.807) is 7.11 Å². The first-order chi connectivity index (χ1) is 7.96. The van der Waals surface area contributed by atoms with E-state index in [0.717, 1.165) is 11.4 Å². The lowest BCUT2D eigenvalue weighted by Crippen LogP contribution is -2.35. The molecule has 0 saturated carbocycles. The van der Waals surface area contributed by atoms with Gasteiger partial charge in [-0.05, 0) is 26.8 Å². The fourth-order valence-corrected chi connectivity index (χ4v) is 1.73. The van der Waals surface area contributed by atoms with Crippen LogP contribution in [0, 0.1) is 0 Å². The van der Waals surface area contributed by atoms with E-state index in [4.69, 9.17) is 15.2 Å². The maximum absolute atomic E-state index is 5.83. The molecule has 0 aliphatic rings. The number of hydrogen-bond donors (Lipinski definition) is 2. The van der Waals surface area contributed by atoms with Gasteiger partial charge in [0, 0.05) is 30.6 Å². The van der Waals surface area contributed by atoms with Gasteiger partial charge in [0.15, 0.2) is 0 Å². The lowest BCUT2D eigenvalue weighted by Gasteiger charge is -2.27. The Morgan fingerprint density at radius 3 is 2.59 bits per heavy atom. The highest BCUT2D eigenvalue weighted by atomic mass is 16.5. The SMILES string of the molecule is CCOc1cc(N)cc(NC(C)(C)COC)c1. The van der Waals surface area contributed by atoms with Crippen LogP contribution in [0.1, 0.15) is 20.8 Å². The summed E-state index contributed by atoms with van der Waals surface area (Å²) in [4.78, 5) is 0. The van der Waals surface area contributed by atoms with E-state index < -0.39 is 0 Å². The molecule has 96 valence electrons. The number of anilines is 2. The number of benzene rings is 1. The van der Waals surface area contributed by atoms with Gasteiger partial charge in [0.2, 0.25) is 0 Å². The number of nitrogen functional groups attached to an aromatic ring is 1. The lowest BCUT2D eigenvalue weighted by molar-refractivity contribution is 0.158. The Hall–Kier alpha value is -1.42. The summed E-state index contributed by atoms with van der Waals surface area (Å²) in [6, 6.07) is 5.65. The molecular formula is C13H22N2O2. The number of rotatable bonds is 6. The van der Waals surface area contributed by atoms with Crippen molar-refractivity contribution in [2.45, 2.75) is 26.3 Å². The number of nitrogens with two attached hydrogens (primary N) is 1. The van der Waals surface area contributed by atoms with Gasteiger partial charge >= 0.3 is 0 Å². The highest BCUT2D eigenvalue weighted by Gasteiger charge is 2.17. The normalized spacial score (nSPS) is 11.3. The third-order valence-corrected chi connectivity index (χ3v) is 2.23. The van der Waals surface area contributed by atoms with Gasteiger partial charge in [0.1, 0.15) is 5.75 Å². The van der Waals surface area contributed by atoms with Crippen molar-refractivity contribution in [2.75, 3.05) is 31.4 Å². The fraction of sp³-hybridized carbons (Fsp3) is 0.538. The van der Waals surface area contributed by atoms with Crippen molar-refractivity contribution >= 4 is 11.4 Å². The van der Waals surface area contributed by atoms with Gasteiger partial charge < -0.3 is 20.5 Å². The summed E-state index contributed by atoms with van der Waals surface area (Å²) in [5.74, 6) is 0.781. The molecular weight excluding hydrogens is 216 g/mol. The van der Waals surface area contributed by atoms with Crippen LogP contribution >= 0.6 is 0 Å². The number of hydrogen-bond acceptors (Lipinski definition) is 4. The van der Waals surface area contributed by atoms with Crippen molar-refractivity contribution in [3.05, 3.63) is 18.2 Å². The summed E-state index contributed by atoms with van der Waals surface area (Å²) in [6.07, 6.45) is 0. The topological polar surface area (TPSA) is 56.5 Å². The van der Waals surface area contributed by atoms with Gasteiger partial charge in [-0.1, -0.05) is 0 Å². The van der Waals surface area contributed by atoms with Crippen molar-refractivity contribution in [1.29, 1.82) is 0 Å². The lowest BCUT2D eigenvalue weighted by atomic mass is 10.1. The quantitative estimate of drug-likeness (QED) is 0.748. The second-order valence-electron chi connectivity index (χ2n) is 4.67. The first-order valence-corrected chi connectivity index (χ1v) is 5.77. The van der Waals surface area contributed by atoms with E-state index in [1.807, 2.05) is 25.1 Å². The Morgan fingerprint density at radius 1 is 1.29 bits per heavy atom. The Labute approximate surface area is 103 Å². The van der Waals surface area contributed by atoms with E-state index in [-0.39, 0.29) is 5.54 Å². The molecule has 0 aliphatic heterocycles. The molecule has 0 fully saturated rings. The molecule has 17 heavy (non-hydrogen) atoms. The molecule has 0 atom stereocenters. The van der Waals surface area contributed by atoms with Crippen LogP contribution in [-0.2, 0) is 4.74 Å². The largest absolute Gasteiger partial charge is 0.494 e. The average Bonchev–Trinajstić information content (AvgIpc) is 2.15. The van der Waals surface area contributed by atoms with Crippen molar-refractivity contribution < 1.29 is 9.47 Å². The van der Waals surface area contributed by atoms with E-state index in [2.05, 4.69) is 19.2 Å². The molecule has 0 unspecified atom stereocenters. The van der Waals surface area contributed by atoms with Crippen LogP contribution in [-0.4, -0.2) is 25.9 Å². The molecule has 0 spiro atoms. The molecule has 0 aliphatic carbocycles. The summed E-state index contributed by atoms with van der Waals surface area (Å²) in [5.41, 5.74) is 7.31. The second kappa shape index (κ2) is 5.77. The van der Waals surface area contributed by atoms with Crippen LogP contribution in [0.15, 0.2) is 18.2 Å². The first-order valence-electron chi connectivity index (χ1n) is 5.77. The Kier molecular flexibility index (Phi) is 4.63. The van der Waals surface area contributed by atoms with Crippen molar-refractivity contribution in [1.82, 2.24) is 0 Å². The minimum absolute atomic E-state index is 0.147. The van der Waals surface area contributed by atoms with E-state index in [1.165, 1.54) is 0 Å². The molecule has 3 N–H and O–H groups in total. The molecule has 4 heteroatoms. The number of methoxy groups -OCH3 is 1. The maximum Gasteiger partial charge on any atom is 0.123 e. The zero-order chi connectivity index (χ0) is 12.9. The Morgan fingerprint density at radius 2 is 2.00 bits per heavy atom. The smallest absolute Gasteiger partial charge is 0.123 e. The molecule has 0 saturated heterocycles. The fourth-order valence-electron chi connectivity index (χ4n) is 1.73. The van der Waals surface area contributed by atoms with Gasteiger partial charge in [-0.2, -0.15) is 0 Å². The van der Waals surface area contributed by atoms with Gasteiger partial charge in [-0.3, -0.25) is 0 Å². The first kappa shape index (κ1) is 13.6. The van der Waals surface area contributed by atoms with Gasteiger partial charge in [0.25, 0.3) is 0 Å². The third kappa shape index (κ3) is 4.53. The van der Waals surface area contributed by atoms with Crippen LogP contribution in [0.2, 0.25) is 0 Å². The Balaban J connectivity index is 2.83. The minimum atomic E-state index is -0.147. The maximum atomic E-state index is 5.83. The van der Waals surface area contributed by atoms with Crippen molar-refractivity contribution in [3.63, 3.8) is 0 Å². The van der Waals surface area contributed by atoms with E-state index >= 15 is 0 Å². The van der Waals surface area contributed by atoms with Gasteiger partial charge in [0.05, 0.1) is 18.8 Å². The summed E-state index contributed by atoms with van der Waals surface area (Å²) in [5, 5.41) is 3.37. The molecule has 1 rings (SSSR count). The summed E-state index contributed by atoms with van der Waals surface area (Å²) in [7, 11) is 1.69. The Bertz CT molecular complexity index is 364. The van der Waals surface area contributed by atoms with Crippen molar-refractivity contribution in [2.24, 2.45) is 0 Å². The average molecular weight is 238 g/mol. The number of nitrogens with one attached hydrogen (secondary N) is 1. The highest BCUT2D eigenvalue weighted by molar-refractivity contribution is 5.60. The summed E-state index contributed by atoms with van der Waals surface area (Å²) < 4.78 is 10.6. The monoisotopic (exact) mass is 238 g/mol. The summed E-state index contributed by atoms with van der Waals surface area (Å²) in [6.45, 7) is 7.33.